The lowest BCUT2D eigenvalue weighted by molar-refractivity contribution is 0.483. The van der Waals surface area contributed by atoms with E-state index in [1.807, 2.05) is 36.4 Å². The van der Waals surface area contributed by atoms with Crippen LogP contribution in [0.1, 0.15) is 122 Å². The van der Waals surface area contributed by atoms with Crippen molar-refractivity contribution in [2.45, 2.75) is 122 Å². The minimum atomic E-state index is -3.55. The van der Waals surface area contributed by atoms with Gasteiger partial charge < -0.3 is 4.18 Å². The molecule has 2 aromatic rings. The van der Waals surface area contributed by atoms with E-state index in [0.29, 0.717) is 12.2 Å². The van der Waals surface area contributed by atoms with Crippen molar-refractivity contribution in [1.29, 1.82) is 0 Å². The molecule has 2 rings (SSSR count). The molecule has 0 heterocycles. The lowest BCUT2D eigenvalue weighted by atomic mass is 10.0. The summed E-state index contributed by atoms with van der Waals surface area (Å²) in [5.74, 6) is 0.523. The van der Waals surface area contributed by atoms with E-state index in [9.17, 15) is 8.42 Å². The Labute approximate surface area is 209 Å². The number of benzene rings is 2. The normalized spacial score (nSPS) is 11.8. The predicted octanol–water partition coefficient (Wildman–Crippen LogP) is 9.59. The van der Waals surface area contributed by atoms with Crippen molar-refractivity contribution in [3.05, 3.63) is 42.5 Å². The Bertz CT molecular complexity index is 870. The summed E-state index contributed by atoms with van der Waals surface area (Å²) >= 11 is 0. The first kappa shape index (κ1) is 28.7. The fourth-order valence-electron chi connectivity index (χ4n) is 4.63. The molecule has 0 saturated carbocycles. The maximum Gasteiger partial charge on any atom is 0.309 e. The molecule has 0 bridgehead atoms. The Hall–Kier alpha value is -1.55. The van der Waals surface area contributed by atoms with Gasteiger partial charge in [-0.15, -0.1) is 0 Å². The number of fused-ring (bicyclic) bond motifs is 1. The van der Waals surface area contributed by atoms with Crippen LogP contribution < -0.4 is 4.18 Å². The van der Waals surface area contributed by atoms with Crippen molar-refractivity contribution in [2.75, 3.05) is 5.75 Å². The molecule has 2 aromatic carbocycles. The Morgan fingerprint density at radius 1 is 0.559 bits per heavy atom. The van der Waals surface area contributed by atoms with E-state index in [0.717, 1.165) is 23.6 Å². The van der Waals surface area contributed by atoms with Gasteiger partial charge in [0.05, 0.1) is 5.75 Å². The highest BCUT2D eigenvalue weighted by atomic mass is 32.2. The van der Waals surface area contributed by atoms with Crippen molar-refractivity contribution in [1.82, 2.24) is 0 Å². The van der Waals surface area contributed by atoms with Gasteiger partial charge in [-0.3, -0.25) is 0 Å². The lowest BCUT2D eigenvalue weighted by Crippen LogP contribution is -2.14. The highest BCUT2D eigenvalue weighted by molar-refractivity contribution is 7.87. The summed E-state index contributed by atoms with van der Waals surface area (Å²) in [6.07, 6.45) is 23.4. The molecule has 192 valence electrons. The zero-order valence-corrected chi connectivity index (χ0v) is 22.4. The summed E-state index contributed by atoms with van der Waals surface area (Å²) in [5, 5.41) is 1.83. The average Bonchev–Trinajstić information content (AvgIpc) is 2.83. The zero-order chi connectivity index (χ0) is 24.3. The standard InChI is InChI=1S/C30H48O3S/c1-2-3-4-5-6-7-8-9-10-11-12-13-14-15-16-17-18-21-27-34(31,32)33-30-26-22-24-28-23-19-20-25-29(28)30/h19-20,22-26H,2-18,21,27H2,1H3. The van der Waals surface area contributed by atoms with E-state index in [1.54, 1.807) is 6.07 Å². The van der Waals surface area contributed by atoms with Crippen molar-refractivity contribution in [3.8, 4) is 5.75 Å². The van der Waals surface area contributed by atoms with E-state index in [1.165, 1.54) is 96.3 Å². The second-order valence-electron chi connectivity index (χ2n) is 9.83. The van der Waals surface area contributed by atoms with Gasteiger partial charge in [0.1, 0.15) is 5.75 Å². The van der Waals surface area contributed by atoms with Crippen molar-refractivity contribution < 1.29 is 12.6 Å². The van der Waals surface area contributed by atoms with Gasteiger partial charge in [0.2, 0.25) is 0 Å². The van der Waals surface area contributed by atoms with Gasteiger partial charge in [0.15, 0.2) is 0 Å². The molecule has 0 aromatic heterocycles. The monoisotopic (exact) mass is 488 g/mol. The maximum absolute atomic E-state index is 12.4. The van der Waals surface area contributed by atoms with Crippen LogP contribution >= 0.6 is 0 Å². The van der Waals surface area contributed by atoms with Crippen LogP contribution in [0.4, 0.5) is 0 Å². The second-order valence-corrected chi connectivity index (χ2v) is 11.5. The first-order chi connectivity index (χ1) is 16.6. The fourth-order valence-corrected chi connectivity index (χ4v) is 5.69. The van der Waals surface area contributed by atoms with E-state index in [-0.39, 0.29) is 5.75 Å². The smallest absolute Gasteiger partial charge is 0.309 e. The molecule has 0 radical (unpaired) electrons. The summed E-state index contributed by atoms with van der Waals surface area (Å²) in [6.45, 7) is 2.28. The molecular weight excluding hydrogens is 440 g/mol. The van der Waals surface area contributed by atoms with Crippen LogP contribution in [0, 0.1) is 0 Å². The maximum atomic E-state index is 12.4. The molecule has 0 saturated heterocycles. The third kappa shape index (κ3) is 12.8. The molecule has 34 heavy (non-hydrogen) atoms. The molecule has 0 N–H and O–H groups in total. The highest BCUT2D eigenvalue weighted by Crippen LogP contribution is 2.26. The molecule has 0 aliphatic carbocycles. The number of hydrogen-bond donors (Lipinski definition) is 0. The van der Waals surface area contributed by atoms with Crippen LogP contribution in [-0.4, -0.2) is 14.2 Å². The molecular formula is C30H48O3S. The molecule has 0 fully saturated rings. The quantitative estimate of drug-likeness (QED) is 0.130. The highest BCUT2D eigenvalue weighted by Gasteiger charge is 2.14. The fraction of sp³-hybridized carbons (Fsp3) is 0.667. The minimum absolute atomic E-state index is 0.0922. The van der Waals surface area contributed by atoms with Gasteiger partial charge in [-0.2, -0.15) is 8.42 Å². The Morgan fingerprint density at radius 2 is 1.00 bits per heavy atom. The summed E-state index contributed by atoms with van der Waals surface area (Å²) in [6, 6.07) is 13.2. The topological polar surface area (TPSA) is 43.4 Å². The Morgan fingerprint density at radius 3 is 1.53 bits per heavy atom. The van der Waals surface area contributed by atoms with Crippen LogP contribution in [0.3, 0.4) is 0 Å². The minimum Gasteiger partial charge on any atom is -0.382 e. The number of unbranched alkanes of at least 4 members (excludes halogenated alkanes) is 17. The van der Waals surface area contributed by atoms with Crippen molar-refractivity contribution in [3.63, 3.8) is 0 Å². The third-order valence-corrected chi connectivity index (χ3v) is 7.94. The van der Waals surface area contributed by atoms with Gasteiger partial charge in [0.25, 0.3) is 0 Å². The molecule has 4 heteroatoms. The molecule has 0 aliphatic heterocycles. The number of rotatable bonds is 21. The Balaban J connectivity index is 1.40. The third-order valence-electron chi connectivity index (χ3n) is 6.71. The molecule has 0 spiro atoms. The molecule has 0 amide bonds. The largest absolute Gasteiger partial charge is 0.382 e. The number of hydrogen-bond acceptors (Lipinski definition) is 3. The van der Waals surface area contributed by atoms with Crippen LogP contribution in [0.25, 0.3) is 10.8 Å². The van der Waals surface area contributed by atoms with Gasteiger partial charge in [-0.1, -0.05) is 152 Å². The molecule has 3 nitrogen and oxygen atoms in total. The molecule has 0 atom stereocenters. The van der Waals surface area contributed by atoms with Crippen LogP contribution in [0.15, 0.2) is 42.5 Å². The summed E-state index contributed by atoms with van der Waals surface area (Å²) in [5.41, 5.74) is 0. The van der Waals surface area contributed by atoms with Crippen molar-refractivity contribution >= 4 is 20.9 Å². The van der Waals surface area contributed by atoms with E-state index in [2.05, 4.69) is 6.92 Å². The van der Waals surface area contributed by atoms with Crippen LogP contribution in [-0.2, 0) is 10.1 Å². The van der Waals surface area contributed by atoms with Gasteiger partial charge >= 0.3 is 10.1 Å². The molecule has 0 unspecified atom stereocenters. The van der Waals surface area contributed by atoms with Gasteiger partial charge in [-0.05, 0) is 17.9 Å². The van der Waals surface area contributed by atoms with Crippen LogP contribution in [0.5, 0.6) is 5.75 Å². The van der Waals surface area contributed by atoms with Gasteiger partial charge in [-0.25, -0.2) is 0 Å². The summed E-state index contributed by atoms with van der Waals surface area (Å²) in [4.78, 5) is 0. The SMILES string of the molecule is CCCCCCCCCCCCCCCCCCCCS(=O)(=O)Oc1cccc2ccccc12. The predicted molar refractivity (Wildman–Crippen MR) is 147 cm³/mol. The summed E-state index contributed by atoms with van der Waals surface area (Å²) < 4.78 is 30.2. The molecule has 0 aliphatic rings. The zero-order valence-electron chi connectivity index (χ0n) is 21.6. The van der Waals surface area contributed by atoms with Gasteiger partial charge in [0, 0.05) is 5.39 Å². The summed E-state index contributed by atoms with van der Waals surface area (Å²) in [7, 11) is -3.55. The first-order valence-corrected chi connectivity index (χ1v) is 15.6. The van der Waals surface area contributed by atoms with E-state index < -0.39 is 10.1 Å². The van der Waals surface area contributed by atoms with Crippen LogP contribution in [0.2, 0.25) is 0 Å². The Kier molecular flexibility index (Phi) is 15.0. The first-order valence-electron chi connectivity index (χ1n) is 14.0. The van der Waals surface area contributed by atoms with E-state index in [4.69, 9.17) is 4.18 Å². The average molecular weight is 489 g/mol. The van der Waals surface area contributed by atoms with Crippen molar-refractivity contribution in [2.24, 2.45) is 0 Å². The second kappa shape index (κ2) is 17.8. The lowest BCUT2D eigenvalue weighted by Gasteiger charge is -2.09. The van der Waals surface area contributed by atoms with E-state index >= 15 is 0 Å².